The van der Waals surface area contributed by atoms with E-state index in [1.165, 1.54) is 6.20 Å². The number of nitrogens with zero attached hydrogens (tertiary/aromatic N) is 4. The van der Waals surface area contributed by atoms with Crippen LogP contribution in [0.3, 0.4) is 0 Å². The summed E-state index contributed by atoms with van der Waals surface area (Å²) in [7, 11) is -3.89. The van der Waals surface area contributed by atoms with Gasteiger partial charge in [0.15, 0.2) is 5.82 Å². The van der Waals surface area contributed by atoms with Gasteiger partial charge in [-0.3, -0.25) is 0 Å². The number of nitrogens with two attached hydrogens (primary N) is 1. The summed E-state index contributed by atoms with van der Waals surface area (Å²) in [5.41, 5.74) is -0.829. The molecule has 0 amide bonds. The molecule has 9 nitrogen and oxygen atoms in total. The van der Waals surface area contributed by atoms with Crippen molar-refractivity contribution in [2.75, 3.05) is 13.1 Å². The van der Waals surface area contributed by atoms with Crippen LogP contribution in [0, 0.1) is 5.41 Å². The molecule has 1 spiro atoms. The van der Waals surface area contributed by atoms with Crippen molar-refractivity contribution in [2.24, 2.45) is 10.6 Å². The summed E-state index contributed by atoms with van der Waals surface area (Å²) in [6.45, 7) is -0.107. The van der Waals surface area contributed by atoms with E-state index < -0.39 is 27.5 Å². The maximum atomic E-state index is 14.7. The molecule has 2 saturated carbocycles. The van der Waals surface area contributed by atoms with Crippen LogP contribution in [0.2, 0.25) is 0 Å². The van der Waals surface area contributed by atoms with Crippen LogP contribution in [-0.4, -0.2) is 53.0 Å². The number of aromatic nitrogens is 3. The smallest absolute Gasteiger partial charge is 0.276 e. The topological polar surface area (TPSA) is 124 Å². The Labute approximate surface area is 165 Å². The molecule has 156 valence electrons. The first-order valence-electron chi connectivity index (χ1n) is 9.33. The van der Waals surface area contributed by atoms with Gasteiger partial charge in [0.25, 0.3) is 22.0 Å². The third-order valence-electron chi connectivity index (χ3n) is 5.96. The van der Waals surface area contributed by atoms with Crippen molar-refractivity contribution in [3.63, 3.8) is 0 Å². The molecule has 5 rings (SSSR count). The van der Waals surface area contributed by atoms with Gasteiger partial charge in [0.05, 0.1) is 11.3 Å². The van der Waals surface area contributed by atoms with E-state index in [0.717, 1.165) is 17.1 Å². The van der Waals surface area contributed by atoms with Crippen LogP contribution in [0.5, 0.6) is 5.88 Å². The standard InChI is InChI=1S/C17H19F2N5O4S/c18-17(19)13(16(17)4-7-24(8-5-16)29(20,25)26)14-22-15(28-23-14)10-3-6-21-12(9-10)27-11-1-2-11/h3,6,9,11,13H,1-2,4-5,7-8H2,(H2,20,25,26)/t13-/m0/s1. The maximum absolute atomic E-state index is 14.7. The van der Waals surface area contributed by atoms with Crippen LogP contribution in [0.25, 0.3) is 11.5 Å². The van der Waals surface area contributed by atoms with Gasteiger partial charge in [-0.1, -0.05) is 5.16 Å². The summed E-state index contributed by atoms with van der Waals surface area (Å²) in [6.07, 6.45) is 3.65. The van der Waals surface area contributed by atoms with Crippen LogP contribution in [0.1, 0.15) is 37.4 Å². The van der Waals surface area contributed by atoms with Gasteiger partial charge in [-0.2, -0.15) is 17.7 Å². The molecule has 1 aliphatic heterocycles. The predicted molar refractivity (Wildman–Crippen MR) is 95.2 cm³/mol. The van der Waals surface area contributed by atoms with E-state index in [1.807, 2.05) is 0 Å². The Morgan fingerprint density at radius 2 is 2.00 bits per heavy atom. The zero-order valence-corrected chi connectivity index (χ0v) is 16.1. The molecule has 3 heterocycles. The van der Waals surface area contributed by atoms with Gasteiger partial charge >= 0.3 is 0 Å². The lowest BCUT2D eigenvalue weighted by atomic mass is 9.91. The van der Waals surface area contributed by atoms with Gasteiger partial charge in [0.2, 0.25) is 5.88 Å². The highest BCUT2D eigenvalue weighted by Gasteiger charge is 2.82. The second-order valence-electron chi connectivity index (χ2n) is 7.81. The number of halogens is 2. The Morgan fingerprint density at radius 1 is 1.28 bits per heavy atom. The van der Waals surface area contributed by atoms with Gasteiger partial charge in [-0.25, -0.2) is 18.9 Å². The summed E-state index contributed by atoms with van der Waals surface area (Å²) in [4.78, 5) is 8.32. The normalized spacial score (nSPS) is 25.8. The molecule has 0 bridgehead atoms. The van der Waals surface area contributed by atoms with E-state index in [0.29, 0.717) is 11.4 Å². The van der Waals surface area contributed by atoms with Gasteiger partial charge in [-0.15, -0.1) is 0 Å². The lowest BCUT2D eigenvalue weighted by Crippen LogP contribution is -2.43. The average molecular weight is 427 g/mol. The minimum Gasteiger partial charge on any atom is -0.474 e. The summed E-state index contributed by atoms with van der Waals surface area (Å²) < 4.78 is 64.2. The average Bonchev–Trinajstić information content (AvgIpc) is 3.48. The van der Waals surface area contributed by atoms with Crippen LogP contribution in [-0.2, 0) is 10.2 Å². The van der Waals surface area contributed by atoms with E-state index in [4.69, 9.17) is 14.4 Å². The number of rotatable bonds is 5. The number of alkyl halides is 2. The predicted octanol–water partition coefficient (Wildman–Crippen LogP) is 1.69. The van der Waals surface area contributed by atoms with Crippen LogP contribution in [0.15, 0.2) is 22.9 Å². The minimum atomic E-state index is -3.89. The summed E-state index contributed by atoms with van der Waals surface area (Å²) in [5.74, 6) is -3.78. The summed E-state index contributed by atoms with van der Waals surface area (Å²) in [6, 6.07) is 3.28. The largest absolute Gasteiger partial charge is 0.474 e. The van der Waals surface area contributed by atoms with Gasteiger partial charge in [0.1, 0.15) is 6.10 Å². The van der Waals surface area contributed by atoms with Gasteiger partial charge < -0.3 is 9.26 Å². The van der Waals surface area contributed by atoms with Crippen molar-refractivity contribution in [3.05, 3.63) is 24.2 Å². The van der Waals surface area contributed by atoms with Crippen molar-refractivity contribution in [3.8, 4) is 17.3 Å². The molecule has 29 heavy (non-hydrogen) atoms. The fourth-order valence-electron chi connectivity index (χ4n) is 4.11. The van der Waals surface area contributed by atoms with E-state index >= 15 is 0 Å². The lowest BCUT2D eigenvalue weighted by molar-refractivity contribution is 0.0411. The fourth-order valence-corrected chi connectivity index (χ4v) is 4.80. The molecule has 0 unspecified atom stereocenters. The molecule has 3 fully saturated rings. The monoisotopic (exact) mass is 427 g/mol. The number of ether oxygens (including phenoxy) is 1. The molecule has 3 aliphatic rings. The van der Waals surface area contributed by atoms with Gasteiger partial charge in [-0.05, 0) is 31.7 Å². The molecule has 2 aromatic rings. The Kier molecular flexibility index (Phi) is 4.00. The zero-order chi connectivity index (χ0) is 20.4. The highest BCUT2D eigenvalue weighted by molar-refractivity contribution is 7.86. The highest BCUT2D eigenvalue weighted by Crippen LogP contribution is 2.75. The fraction of sp³-hybridized carbons (Fsp3) is 0.588. The number of pyridine rings is 1. The van der Waals surface area contributed by atoms with Crippen LogP contribution >= 0.6 is 0 Å². The summed E-state index contributed by atoms with van der Waals surface area (Å²) >= 11 is 0. The van der Waals surface area contributed by atoms with Gasteiger partial charge in [0, 0.05) is 30.9 Å². The SMILES string of the molecule is NS(=O)(=O)N1CCC2(CC1)[C@H](c1noc(-c3ccnc(OC4CC4)c3)n1)C2(F)F. The highest BCUT2D eigenvalue weighted by atomic mass is 32.2. The molecule has 2 aliphatic carbocycles. The Hall–Kier alpha value is -2.18. The van der Waals surface area contributed by atoms with E-state index in [-0.39, 0.29) is 43.8 Å². The first-order chi connectivity index (χ1) is 13.7. The van der Waals surface area contributed by atoms with Crippen LogP contribution in [0.4, 0.5) is 8.78 Å². The van der Waals surface area contributed by atoms with Crippen molar-refractivity contribution in [1.82, 2.24) is 19.4 Å². The van der Waals surface area contributed by atoms with E-state index in [2.05, 4.69) is 15.1 Å². The molecule has 12 heteroatoms. The van der Waals surface area contributed by atoms with Crippen molar-refractivity contribution in [2.45, 2.75) is 43.6 Å². The lowest BCUT2D eigenvalue weighted by Gasteiger charge is -2.30. The Balaban J connectivity index is 1.36. The second kappa shape index (κ2) is 6.16. The Bertz CT molecular complexity index is 1050. The quantitative estimate of drug-likeness (QED) is 0.770. The molecule has 1 atom stereocenters. The first-order valence-corrected chi connectivity index (χ1v) is 10.8. The molecule has 0 aromatic carbocycles. The van der Waals surface area contributed by atoms with E-state index in [9.17, 15) is 17.2 Å². The third-order valence-corrected chi connectivity index (χ3v) is 7.05. The first kappa shape index (κ1) is 18.8. The second-order valence-corrected chi connectivity index (χ2v) is 9.36. The van der Waals surface area contributed by atoms with E-state index in [1.54, 1.807) is 12.1 Å². The molecular formula is C17H19F2N5O4S. The van der Waals surface area contributed by atoms with Crippen molar-refractivity contribution in [1.29, 1.82) is 0 Å². The molecular weight excluding hydrogens is 408 g/mol. The molecule has 2 N–H and O–H groups in total. The number of hydrogen-bond donors (Lipinski definition) is 1. The van der Waals surface area contributed by atoms with Crippen LogP contribution < -0.4 is 9.88 Å². The molecule has 2 aromatic heterocycles. The maximum Gasteiger partial charge on any atom is 0.276 e. The third kappa shape index (κ3) is 3.09. The zero-order valence-electron chi connectivity index (χ0n) is 15.3. The number of piperidine rings is 1. The summed E-state index contributed by atoms with van der Waals surface area (Å²) in [5, 5.41) is 8.89. The van der Waals surface area contributed by atoms with Crippen molar-refractivity contribution >= 4 is 10.2 Å². The number of hydrogen-bond acceptors (Lipinski definition) is 7. The molecule has 0 radical (unpaired) electrons. The molecule has 1 saturated heterocycles. The Morgan fingerprint density at radius 3 is 2.66 bits per heavy atom. The minimum absolute atomic E-state index is 0.0143. The van der Waals surface area contributed by atoms with Crippen molar-refractivity contribution < 1.29 is 26.5 Å².